The third-order valence-corrected chi connectivity index (χ3v) is 3.79. The fourth-order valence-electron chi connectivity index (χ4n) is 1.95. The van der Waals surface area contributed by atoms with E-state index in [0.29, 0.717) is 16.3 Å². The Morgan fingerprint density at radius 3 is 2.79 bits per heavy atom. The van der Waals surface area contributed by atoms with Gasteiger partial charge in [-0.25, -0.2) is 0 Å². The van der Waals surface area contributed by atoms with Crippen molar-refractivity contribution in [2.24, 2.45) is 5.16 Å². The van der Waals surface area contributed by atoms with E-state index in [4.69, 9.17) is 26.4 Å². The standard InChI is InChI=1S/C19H19ClN2O2/c1-3-14(2)24-19-9-8-15(10-18(19)20)12-22-23-13-17-7-5-4-6-16(17)11-21/h4-10,12,14H,3,13H2,1-2H3/b22-12-/t14-/m1/s1. The van der Waals surface area contributed by atoms with Crippen molar-refractivity contribution in [1.82, 2.24) is 0 Å². The van der Waals surface area contributed by atoms with Gasteiger partial charge in [0, 0.05) is 5.56 Å². The number of oxime groups is 1. The van der Waals surface area contributed by atoms with Gasteiger partial charge < -0.3 is 9.57 Å². The number of rotatable bonds is 7. The van der Waals surface area contributed by atoms with Crippen LogP contribution in [0.15, 0.2) is 47.6 Å². The minimum atomic E-state index is 0.116. The summed E-state index contributed by atoms with van der Waals surface area (Å²) in [5.41, 5.74) is 2.19. The van der Waals surface area contributed by atoms with Crippen LogP contribution in [0.5, 0.6) is 5.75 Å². The first kappa shape index (κ1) is 17.8. The first-order valence-corrected chi connectivity index (χ1v) is 8.11. The van der Waals surface area contributed by atoms with Gasteiger partial charge in [0.05, 0.1) is 29.0 Å². The molecule has 0 bridgehead atoms. The summed E-state index contributed by atoms with van der Waals surface area (Å²) in [6.45, 7) is 4.29. The Morgan fingerprint density at radius 1 is 1.29 bits per heavy atom. The molecule has 2 rings (SSSR count). The molecule has 0 spiro atoms. The van der Waals surface area contributed by atoms with Crippen LogP contribution in [0, 0.1) is 11.3 Å². The topological polar surface area (TPSA) is 54.6 Å². The van der Waals surface area contributed by atoms with Gasteiger partial charge in [-0.1, -0.05) is 41.9 Å². The summed E-state index contributed by atoms with van der Waals surface area (Å²) in [5, 5.41) is 13.5. The van der Waals surface area contributed by atoms with Crippen molar-refractivity contribution in [1.29, 1.82) is 5.26 Å². The Kier molecular flexibility index (Phi) is 6.65. The van der Waals surface area contributed by atoms with Gasteiger partial charge in [-0.2, -0.15) is 5.26 Å². The molecule has 0 aliphatic carbocycles. The number of hydrogen-bond donors (Lipinski definition) is 0. The molecule has 0 N–H and O–H groups in total. The monoisotopic (exact) mass is 342 g/mol. The van der Waals surface area contributed by atoms with Crippen LogP contribution in [0.25, 0.3) is 0 Å². The van der Waals surface area contributed by atoms with Crippen LogP contribution in [0.3, 0.4) is 0 Å². The van der Waals surface area contributed by atoms with Crippen LogP contribution in [-0.2, 0) is 11.4 Å². The van der Waals surface area contributed by atoms with E-state index in [2.05, 4.69) is 18.1 Å². The molecule has 0 fully saturated rings. The van der Waals surface area contributed by atoms with Gasteiger partial charge in [0.15, 0.2) is 0 Å². The summed E-state index contributed by atoms with van der Waals surface area (Å²) in [6, 6.07) is 14.8. The van der Waals surface area contributed by atoms with E-state index in [1.807, 2.05) is 37.3 Å². The third kappa shape index (κ3) is 5.00. The van der Waals surface area contributed by atoms with Gasteiger partial charge in [-0.3, -0.25) is 0 Å². The SMILES string of the molecule is CC[C@@H](C)Oc1ccc(/C=N\OCc2ccccc2C#N)cc1Cl. The highest BCUT2D eigenvalue weighted by Crippen LogP contribution is 2.26. The molecule has 0 aromatic heterocycles. The maximum atomic E-state index is 9.02. The average molecular weight is 343 g/mol. The molecule has 0 aliphatic heterocycles. The number of ether oxygens (including phenoxy) is 1. The van der Waals surface area contributed by atoms with Crippen molar-refractivity contribution in [2.45, 2.75) is 33.0 Å². The second kappa shape index (κ2) is 8.95. The number of nitrogens with zero attached hydrogens (tertiary/aromatic N) is 2. The van der Waals surface area contributed by atoms with Crippen LogP contribution in [0.1, 0.15) is 37.0 Å². The van der Waals surface area contributed by atoms with Crippen molar-refractivity contribution in [3.8, 4) is 11.8 Å². The predicted octanol–water partition coefficient (Wildman–Crippen LogP) is 4.94. The summed E-state index contributed by atoms with van der Waals surface area (Å²) in [6.07, 6.45) is 2.61. The quantitative estimate of drug-likeness (QED) is 0.529. The third-order valence-electron chi connectivity index (χ3n) is 3.49. The molecule has 24 heavy (non-hydrogen) atoms. The number of benzene rings is 2. The second-order valence-corrected chi connectivity index (χ2v) is 5.71. The van der Waals surface area contributed by atoms with Crippen LogP contribution in [-0.4, -0.2) is 12.3 Å². The lowest BCUT2D eigenvalue weighted by Gasteiger charge is -2.13. The zero-order chi connectivity index (χ0) is 17.4. The molecule has 5 heteroatoms. The van der Waals surface area contributed by atoms with Crippen molar-refractivity contribution in [3.63, 3.8) is 0 Å². The largest absolute Gasteiger partial charge is 0.489 e. The molecule has 2 aromatic carbocycles. The van der Waals surface area contributed by atoms with E-state index < -0.39 is 0 Å². The maximum Gasteiger partial charge on any atom is 0.143 e. The van der Waals surface area contributed by atoms with Gasteiger partial charge in [0.2, 0.25) is 0 Å². The molecule has 0 saturated heterocycles. The second-order valence-electron chi connectivity index (χ2n) is 5.30. The van der Waals surface area contributed by atoms with Crippen LogP contribution < -0.4 is 4.74 Å². The van der Waals surface area contributed by atoms with E-state index >= 15 is 0 Å². The Labute approximate surface area is 147 Å². The lowest BCUT2D eigenvalue weighted by atomic mass is 10.1. The van der Waals surface area contributed by atoms with Crippen LogP contribution in [0.4, 0.5) is 0 Å². The van der Waals surface area contributed by atoms with Crippen molar-refractivity contribution in [2.75, 3.05) is 0 Å². The summed E-state index contributed by atoms with van der Waals surface area (Å²) in [7, 11) is 0. The molecule has 1 atom stereocenters. The highest BCUT2D eigenvalue weighted by Gasteiger charge is 2.06. The van der Waals surface area contributed by atoms with Gasteiger partial charge in [-0.05, 0) is 43.2 Å². The van der Waals surface area contributed by atoms with E-state index in [-0.39, 0.29) is 12.7 Å². The van der Waals surface area contributed by atoms with Crippen molar-refractivity contribution < 1.29 is 9.57 Å². The molecular formula is C19H19ClN2O2. The molecule has 0 radical (unpaired) electrons. The molecule has 0 aliphatic rings. The van der Waals surface area contributed by atoms with Crippen LogP contribution >= 0.6 is 11.6 Å². The smallest absolute Gasteiger partial charge is 0.143 e. The zero-order valence-electron chi connectivity index (χ0n) is 13.7. The van der Waals surface area contributed by atoms with Gasteiger partial charge in [-0.15, -0.1) is 0 Å². The van der Waals surface area contributed by atoms with Crippen molar-refractivity contribution >= 4 is 17.8 Å². The molecule has 4 nitrogen and oxygen atoms in total. The zero-order valence-corrected chi connectivity index (χ0v) is 14.5. The summed E-state index contributed by atoms with van der Waals surface area (Å²) < 4.78 is 5.72. The summed E-state index contributed by atoms with van der Waals surface area (Å²) in [4.78, 5) is 5.26. The molecule has 0 amide bonds. The first-order valence-electron chi connectivity index (χ1n) is 7.73. The van der Waals surface area contributed by atoms with Crippen LogP contribution in [0.2, 0.25) is 5.02 Å². The molecule has 124 valence electrons. The molecular weight excluding hydrogens is 324 g/mol. The van der Waals surface area contributed by atoms with E-state index in [1.54, 1.807) is 18.3 Å². The van der Waals surface area contributed by atoms with Gasteiger partial charge in [0.25, 0.3) is 0 Å². The maximum absolute atomic E-state index is 9.02. The van der Waals surface area contributed by atoms with Crippen molar-refractivity contribution in [3.05, 3.63) is 64.2 Å². The lowest BCUT2D eigenvalue weighted by Crippen LogP contribution is -2.09. The fraction of sp³-hybridized carbons (Fsp3) is 0.263. The average Bonchev–Trinajstić information content (AvgIpc) is 2.61. The number of halogens is 1. The van der Waals surface area contributed by atoms with E-state index in [1.165, 1.54) is 0 Å². The van der Waals surface area contributed by atoms with E-state index in [0.717, 1.165) is 17.5 Å². The summed E-state index contributed by atoms with van der Waals surface area (Å²) in [5.74, 6) is 0.659. The first-order chi connectivity index (χ1) is 11.6. The minimum Gasteiger partial charge on any atom is -0.489 e. The predicted molar refractivity (Wildman–Crippen MR) is 95.4 cm³/mol. The lowest BCUT2D eigenvalue weighted by molar-refractivity contribution is 0.132. The Bertz CT molecular complexity index is 753. The number of nitriles is 1. The van der Waals surface area contributed by atoms with Gasteiger partial charge >= 0.3 is 0 Å². The Balaban J connectivity index is 1.95. The van der Waals surface area contributed by atoms with Gasteiger partial charge in [0.1, 0.15) is 12.4 Å². The number of hydrogen-bond acceptors (Lipinski definition) is 4. The summed E-state index contributed by atoms with van der Waals surface area (Å²) >= 11 is 6.22. The normalized spacial score (nSPS) is 11.9. The Morgan fingerprint density at radius 2 is 2.08 bits per heavy atom. The Hall–Kier alpha value is -2.51. The molecule has 2 aromatic rings. The highest BCUT2D eigenvalue weighted by atomic mass is 35.5. The highest BCUT2D eigenvalue weighted by molar-refractivity contribution is 6.32. The molecule has 0 unspecified atom stereocenters. The van der Waals surface area contributed by atoms with E-state index in [9.17, 15) is 0 Å². The molecule has 0 heterocycles. The molecule has 0 saturated carbocycles. The minimum absolute atomic E-state index is 0.116. The fourth-order valence-corrected chi connectivity index (χ4v) is 2.19.